The Morgan fingerprint density at radius 1 is 0.242 bits per heavy atom. The molecular formula is C33H64. The molecule has 0 heterocycles. The van der Waals surface area contributed by atoms with E-state index in [0.29, 0.717) is 0 Å². The van der Waals surface area contributed by atoms with Crippen LogP contribution in [0.1, 0.15) is 187 Å². The van der Waals surface area contributed by atoms with Crippen LogP contribution in [0.5, 0.6) is 0 Å². The van der Waals surface area contributed by atoms with Gasteiger partial charge in [0.05, 0.1) is 0 Å². The van der Waals surface area contributed by atoms with Gasteiger partial charge in [-0.05, 0) is 51.4 Å². The highest BCUT2D eigenvalue weighted by Crippen LogP contribution is 2.14. The van der Waals surface area contributed by atoms with Gasteiger partial charge in [0.25, 0.3) is 0 Å². The molecule has 0 aliphatic heterocycles. The van der Waals surface area contributed by atoms with Gasteiger partial charge in [0.1, 0.15) is 0 Å². The van der Waals surface area contributed by atoms with E-state index in [1.807, 2.05) is 0 Å². The number of rotatable bonds is 28. The van der Waals surface area contributed by atoms with Crippen LogP contribution in [-0.2, 0) is 0 Å². The molecule has 33 heavy (non-hydrogen) atoms. The van der Waals surface area contributed by atoms with Crippen molar-refractivity contribution in [2.75, 3.05) is 0 Å². The van der Waals surface area contributed by atoms with Crippen LogP contribution in [0.25, 0.3) is 0 Å². The van der Waals surface area contributed by atoms with E-state index in [1.165, 1.54) is 173 Å². The van der Waals surface area contributed by atoms with Crippen molar-refractivity contribution in [3.63, 3.8) is 0 Å². The van der Waals surface area contributed by atoms with Gasteiger partial charge in [0.15, 0.2) is 0 Å². The first-order chi connectivity index (χ1) is 16.4. The Bertz CT molecular complexity index is 377. The molecule has 0 unspecified atom stereocenters. The van der Waals surface area contributed by atoms with Crippen LogP contribution in [0.4, 0.5) is 0 Å². The van der Waals surface area contributed by atoms with Gasteiger partial charge in [-0.15, -0.1) is 0 Å². The predicted molar refractivity (Wildman–Crippen MR) is 154 cm³/mol. The van der Waals surface area contributed by atoms with Gasteiger partial charge in [-0.2, -0.15) is 0 Å². The normalized spacial score (nSPS) is 11.9. The lowest BCUT2D eigenvalue weighted by Crippen LogP contribution is -1.83. The summed E-state index contributed by atoms with van der Waals surface area (Å²) in [5.41, 5.74) is 0. The second-order valence-electron chi connectivity index (χ2n) is 10.5. The summed E-state index contributed by atoms with van der Waals surface area (Å²) < 4.78 is 0. The van der Waals surface area contributed by atoms with E-state index in [2.05, 4.69) is 38.2 Å². The molecular weight excluding hydrogens is 396 g/mol. The van der Waals surface area contributed by atoms with Gasteiger partial charge >= 0.3 is 0 Å². The molecule has 0 aromatic carbocycles. The third-order valence-electron chi connectivity index (χ3n) is 7.02. The molecule has 0 aromatic heterocycles. The highest BCUT2D eigenvalue weighted by atomic mass is 14.0. The fourth-order valence-electron chi connectivity index (χ4n) is 4.67. The molecule has 0 saturated carbocycles. The topological polar surface area (TPSA) is 0 Å². The lowest BCUT2D eigenvalue weighted by molar-refractivity contribution is 0.533. The minimum absolute atomic E-state index is 1.29. The molecule has 0 N–H and O–H groups in total. The van der Waals surface area contributed by atoms with Crippen molar-refractivity contribution in [1.29, 1.82) is 0 Å². The lowest BCUT2D eigenvalue weighted by Gasteiger charge is -2.03. The number of unbranched alkanes of at least 4 members (excludes halogenated alkanes) is 24. The third kappa shape index (κ3) is 31.5. The number of allylic oxidation sites excluding steroid dienone is 4. The zero-order chi connectivity index (χ0) is 23.9. The predicted octanol–water partition coefficient (Wildman–Crippen LogP) is 12.7. The van der Waals surface area contributed by atoms with E-state index in [1.54, 1.807) is 0 Å². The highest BCUT2D eigenvalue weighted by molar-refractivity contribution is 4.82. The maximum Gasteiger partial charge on any atom is -0.0351 e. The molecule has 0 bridgehead atoms. The Hall–Kier alpha value is -0.520. The summed E-state index contributed by atoms with van der Waals surface area (Å²) in [5, 5.41) is 0. The van der Waals surface area contributed by atoms with Gasteiger partial charge in [0.2, 0.25) is 0 Å². The first-order valence-corrected chi connectivity index (χ1v) is 15.7. The minimum atomic E-state index is 1.29. The summed E-state index contributed by atoms with van der Waals surface area (Å²) in [5.74, 6) is 0. The molecule has 0 amide bonds. The van der Waals surface area contributed by atoms with E-state index < -0.39 is 0 Å². The first-order valence-electron chi connectivity index (χ1n) is 15.7. The van der Waals surface area contributed by atoms with Crippen LogP contribution < -0.4 is 0 Å². The molecule has 0 radical (unpaired) electrons. The number of hydrogen-bond acceptors (Lipinski definition) is 0. The number of hydrogen-bond donors (Lipinski definition) is 0. The Labute approximate surface area is 211 Å². The Kier molecular flexibility index (Phi) is 31.0. The molecule has 0 heteroatoms. The molecule has 196 valence electrons. The Balaban J connectivity index is 3.10. The first kappa shape index (κ1) is 32.5. The fourth-order valence-corrected chi connectivity index (χ4v) is 4.67. The molecule has 0 rings (SSSR count). The van der Waals surface area contributed by atoms with Crippen molar-refractivity contribution in [2.24, 2.45) is 0 Å². The molecule has 0 aliphatic rings. The molecule has 0 nitrogen and oxygen atoms in total. The van der Waals surface area contributed by atoms with Crippen LogP contribution in [0.15, 0.2) is 24.3 Å². The summed E-state index contributed by atoms with van der Waals surface area (Å²) in [6.07, 6.45) is 47.9. The van der Waals surface area contributed by atoms with Crippen LogP contribution in [-0.4, -0.2) is 0 Å². The standard InChI is InChI=1S/C33H64/c1-3-5-7-9-11-13-15-17-19-21-23-25-27-29-31-33-32-30-28-26-24-22-20-18-16-14-12-10-8-6-4-2/h11,13,29,31H,3-10,12,14-28,30,32-33H2,1-2H3. The van der Waals surface area contributed by atoms with E-state index >= 15 is 0 Å². The third-order valence-corrected chi connectivity index (χ3v) is 7.02. The van der Waals surface area contributed by atoms with E-state index in [0.717, 1.165) is 0 Å². The molecule has 0 fully saturated rings. The van der Waals surface area contributed by atoms with Crippen LogP contribution in [0.3, 0.4) is 0 Å². The molecule has 0 atom stereocenters. The molecule has 0 aliphatic carbocycles. The van der Waals surface area contributed by atoms with Crippen molar-refractivity contribution < 1.29 is 0 Å². The molecule has 0 aromatic rings. The lowest BCUT2D eigenvalue weighted by atomic mass is 10.0. The van der Waals surface area contributed by atoms with E-state index in [4.69, 9.17) is 0 Å². The van der Waals surface area contributed by atoms with Gasteiger partial charge in [0, 0.05) is 0 Å². The van der Waals surface area contributed by atoms with Crippen molar-refractivity contribution in [3.05, 3.63) is 24.3 Å². The SMILES string of the molecule is CCCCCC=CCCCCCCCC=CCCCCCCCCCCCCCCCCC. The molecule has 0 saturated heterocycles. The fraction of sp³-hybridized carbons (Fsp3) is 0.879. The summed E-state index contributed by atoms with van der Waals surface area (Å²) >= 11 is 0. The maximum atomic E-state index is 2.45. The van der Waals surface area contributed by atoms with Crippen molar-refractivity contribution in [3.8, 4) is 0 Å². The molecule has 0 spiro atoms. The van der Waals surface area contributed by atoms with Crippen LogP contribution >= 0.6 is 0 Å². The average molecular weight is 461 g/mol. The summed E-state index contributed by atoms with van der Waals surface area (Å²) in [7, 11) is 0. The van der Waals surface area contributed by atoms with Crippen LogP contribution in [0.2, 0.25) is 0 Å². The summed E-state index contributed by atoms with van der Waals surface area (Å²) in [6, 6.07) is 0. The zero-order valence-electron chi connectivity index (χ0n) is 23.4. The average Bonchev–Trinajstić information content (AvgIpc) is 2.83. The van der Waals surface area contributed by atoms with Crippen molar-refractivity contribution >= 4 is 0 Å². The van der Waals surface area contributed by atoms with Crippen molar-refractivity contribution in [1.82, 2.24) is 0 Å². The Morgan fingerprint density at radius 2 is 0.424 bits per heavy atom. The monoisotopic (exact) mass is 461 g/mol. The van der Waals surface area contributed by atoms with Gasteiger partial charge in [-0.25, -0.2) is 0 Å². The second-order valence-corrected chi connectivity index (χ2v) is 10.5. The minimum Gasteiger partial charge on any atom is -0.0885 e. The Morgan fingerprint density at radius 3 is 0.697 bits per heavy atom. The van der Waals surface area contributed by atoms with Crippen LogP contribution in [0, 0.1) is 0 Å². The second kappa shape index (κ2) is 31.5. The van der Waals surface area contributed by atoms with E-state index in [9.17, 15) is 0 Å². The largest absolute Gasteiger partial charge is 0.0885 e. The zero-order valence-corrected chi connectivity index (χ0v) is 23.4. The van der Waals surface area contributed by atoms with Gasteiger partial charge in [-0.3, -0.25) is 0 Å². The van der Waals surface area contributed by atoms with Gasteiger partial charge in [-0.1, -0.05) is 160 Å². The highest BCUT2D eigenvalue weighted by Gasteiger charge is 1.94. The van der Waals surface area contributed by atoms with Gasteiger partial charge < -0.3 is 0 Å². The summed E-state index contributed by atoms with van der Waals surface area (Å²) in [6.45, 7) is 4.58. The van der Waals surface area contributed by atoms with E-state index in [-0.39, 0.29) is 0 Å². The quantitative estimate of drug-likeness (QED) is 0.0804. The maximum absolute atomic E-state index is 2.45. The smallest absolute Gasteiger partial charge is 0.0351 e. The van der Waals surface area contributed by atoms with Crippen molar-refractivity contribution in [2.45, 2.75) is 187 Å². The summed E-state index contributed by atoms with van der Waals surface area (Å²) in [4.78, 5) is 0.